The topological polar surface area (TPSA) is 33.7 Å². The molecule has 5 heteroatoms. The van der Waals surface area contributed by atoms with Crippen LogP contribution < -0.4 is 19.7 Å². The summed E-state index contributed by atoms with van der Waals surface area (Å²) < 4.78 is 11.3. The standard InChI is InChI=1S/C13H17ClN2O2/c1-9-7-15-5-6-16(9)10-3-2-4-11-13(10)17-8-12(14)18-11/h2-4,9,12,15H,5-8H2,1H3. The smallest absolute Gasteiger partial charge is 0.206 e. The minimum Gasteiger partial charge on any atom is -0.482 e. The zero-order valence-corrected chi connectivity index (χ0v) is 11.1. The van der Waals surface area contributed by atoms with Crippen molar-refractivity contribution in [1.82, 2.24) is 5.32 Å². The molecule has 98 valence electrons. The van der Waals surface area contributed by atoms with E-state index in [4.69, 9.17) is 21.1 Å². The van der Waals surface area contributed by atoms with Gasteiger partial charge in [-0.2, -0.15) is 0 Å². The predicted molar refractivity (Wildman–Crippen MR) is 71.9 cm³/mol. The molecule has 2 aliphatic rings. The Morgan fingerprint density at radius 1 is 1.44 bits per heavy atom. The van der Waals surface area contributed by atoms with E-state index in [-0.39, 0.29) is 0 Å². The van der Waals surface area contributed by atoms with E-state index in [1.165, 1.54) is 0 Å². The summed E-state index contributed by atoms with van der Waals surface area (Å²) in [5.41, 5.74) is 0.707. The summed E-state index contributed by atoms with van der Waals surface area (Å²) in [6.07, 6.45) is 0. The van der Waals surface area contributed by atoms with Crippen LogP contribution >= 0.6 is 11.6 Å². The van der Waals surface area contributed by atoms with E-state index in [0.717, 1.165) is 36.8 Å². The molecule has 3 rings (SSSR count). The lowest BCUT2D eigenvalue weighted by Crippen LogP contribution is -2.50. The highest BCUT2D eigenvalue weighted by Crippen LogP contribution is 2.41. The third kappa shape index (κ3) is 2.10. The highest BCUT2D eigenvalue weighted by Gasteiger charge is 2.27. The van der Waals surface area contributed by atoms with Gasteiger partial charge < -0.3 is 19.7 Å². The Labute approximate surface area is 112 Å². The van der Waals surface area contributed by atoms with Crippen LogP contribution in [-0.2, 0) is 0 Å². The Hall–Kier alpha value is -1.13. The van der Waals surface area contributed by atoms with Gasteiger partial charge in [-0.15, -0.1) is 0 Å². The van der Waals surface area contributed by atoms with Crippen LogP contribution in [0.5, 0.6) is 11.5 Å². The van der Waals surface area contributed by atoms with Crippen molar-refractivity contribution in [2.75, 3.05) is 31.1 Å². The maximum atomic E-state index is 5.94. The Balaban J connectivity index is 1.94. The van der Waals surface area contributed by atoms with Crippen molar-refractivity contribution in [3.05, 3.63) is 18.2 Å². The maximum absolute atomic E-state index is 5.94. The molecule has 2 heterocycles. The van der Waals surface area contributed by atoms with Gasteiger partial charge in [-0.05, 0) is 19.1 Å². The first-order valence-electron chi connectivity index (χ1n) is 6.29. The molecule has 18 heavy (non-hydrogen) atoms. The summed E-state index contributed by atoms with van der Waals surface area (Å²) >= 11 is 5.94. The van der Waals surface area contributed by atoms with E-state index in [1.807, 2.05) is 12.1 Å². The molecule has 2 atom stereocenters. The van der Waals surface area contributed by atoms with E-state index in [1.54, 1.807) is 0 Å². The number of nitrogens with zero attached hydrogens (tertiary/aromatic N) is 1. The van der Waals surface area contributed by atoms with Crippen molar-refractivity contribution in [2.24, 2.45) is 0 Å². The van der Waals surface area contributed by atoms with Crippen LogP contribution in [0.2, 0.25) is 0 Å². The number of fused-ring (bicyclic) bond motifs is 1. The van der Waals surface area contributed by atoms with Gasteiger partial charge in [0, 0.05) is 25.7 Å². The zero-order valence-electron chi connectivity index (χ0n) is 10.4. The number of para-hydroxylation sites is 1. The highest BCUT2D eigenvalue weighted by atomic mass is 35.5. The van der Waals surface area contributed by atoms with Gasteiger partial charge in [-0.3, -0.25) is 0 Å². The molecule has 0 aromatic heterocycles. The van der Waals surface area contributed by atoms with E-state index in [0.29, 0.717) is 12.6 Å². The monoisotopic (exact) mass is 268 g/mol. The Kier molecular flexibility index (Phi) is 3.22. The molecular weight excluding hydrogens is 252 g/mol. The van der Waals surface area contributed by atoms with Crippen LogP contribution in [0, 0.1) is 0 Å². The van der Waals surface area contributed by atoms with Crippen molar-refractivity contribution < 1.29 is 9.47 Å². The molecule has 1 N–H and O–H groups in total. The number of nitrogens with one attached hydrogen (secondary N) is 1. The van der Waals surface area contributed by atoms with Gasteiger partial charge in [0.1, 0.15) is 6.61 Å². The van der Waals surface area contributed by atoms with Crippen LogP contribution in [0.15, 0.2) is 18.2 Å². The number of anilines is 1. The normalized spacial score (nSPS) is 27.1. The van der Waals surface area contributed by atoms with E-state index in [2.05, 4.69) is 23.2 Å². The van der Waals surface area contributed by atoms with Crippen LogP contribution in [0.3, 0.4) is 0 Å². The number of hydrogen-bond donors (Lipinski definition) is 1. The average Bonchev–Trinajstić information content (AvgIpc) is 2.38. The Bertz CT molecular complexity index is 441. The van der Waals surface area contributed by atoms with Gasteiger partial charge >= 0.3 is 0 Å². The highest BCUT2D eigenvalue weighted by molar-refractivity contribution is 6.20. The third-order valence-electron chi connectivity index (χ3n) is 3.38. The van der Waals surface area contributed by atoms with Crippen molar-refractivity contribution in [3.8, 4) is 11.5 Å². The molecule has 1 saturated heterocycles. The first kappa shape index (κ1) is 11.9. The van der Waals surface area contributed by atoms with Crippen molar-refractivity contribution in [3.63, 3.8) is 0 Å². The minimum absolute atomic E-state index is 0.395. The lowest BCUT2D eigenvalue weighted by Gasteiger charge is -2.37. The van der Waals surface area contributed by atoms with Gasteiger partial charge in [0.25, 0.3) is 0 Å². The average molecular weight is 269 g/mol. The Morgan fingerprint density at radius 2 is 2.33 bits per heavy atom. The molecule has 1 aromatic rings. The molecule has 2 unspecified atom stereocenters. The summed E-state index contributed by atoms with van der Waals surface area (Å²) in [5.74, 6) is 1.56. The first-order chi connectivity index (χ1) is 8.75. The number of rotatable bonds is 1. The lowest BCUT2D eigenvalue weighted by molar-refractivity contribution is 0.144. The van der Waals surface area contributed by atoms with Gasteiger partial charge in [-0.1, -0.05) is 17.7 Å². The molecule has 4 nitrogen and oxygen atoms in total. The fraction of sp³-hybridized carbons (Fsp3) is 0.538. The number of ether oxygens (including phenoxy) is 2. The molecule has 0 bridgehead atoms. The van der Waals surface area contributed by atoms with Crippen LogP contribution in [-0.4, -0.2) is 37.8 Å². The quantitative estimate of drug-likeness (QED) is 0.788. The third-order valence-corrected chi connectivity index (χ3v) is 3.60. The van der Waals surface area contributed by atoms with Crippen LogP contribution in [0.1, 0.15) is 6.92 Å². The molecule has 0 amide bonds. The summed E-state index contributed by atoms with van der Waals surface area (Å²) in [6.45, 7) is 5.56. The van der Waals surface area contributed by atoms with Gasteiger partial charge in [0.15, 0.2) is 11.5 Å². The maximum Gasteiger partial charge on any atom is 0.206 e. The molecule has 1 aromatic carbocycles. The molecule has 0 radical (unpaired) electrons. The van der Waals surface area contributed by atoms with Crippen LogP contribution in [0.25, 0.3) is 0 Å². The van der Waals surface area contributed by atoms with Gasteiger partial charge in [0.2, 0.25) is 5.56 Å². The Morgan fingerprint density at radius 3 is 3.17 bits per heavy atom. The number of halogens is 1. The van der Waals surface area contributed by atoms with Crippen molar-refractivity contribution in [1.29, 1.82) is 0 Å². The number of piperazine rings is 1. The lowest BCUT2D eigenvalue weighted by atomic mass is 10.1. The molecule has 0 saturated carbocycles. The molecular formula is C13H17ClN2O2. The molecule has 0 spiro atoms. The summed E-state index contributed by atoms with van der Waals surface area (Å²) in [6, 6.07) is 6.42. The van der Waals surface area contributed by atoms with Gasteiger partial charge in [0.05, 0.1) is 5.69 Å². The fourth-order valence-corrected chi connectivity index (χ4v) is 2.65. The van der Waals surface area contributed by atoms with Gasteiger partial charge in [-0.25, -0.2) is 0 Å². The second-order valence-electron chi connectivity index (χ2n) is 4.69. The number of hydrogen-bond acceptors (Lipinski definition) is 4. The van der Waals surface area contributed by atoms with Crippen molar-refractivity contribution in [2.45, 2.75) is 18.5 Å². The second kappa shape index (κ2) is 4.86. The minimum atomic E-state index is -0.395. The molecule has 1 fully saturated rings. The molecule has 2 aliphatic heterocycles. The zero-order chi connectivity index (χ0) is 12.5. The molecule has 0 aliphatic carbocycles. The summed E-state index contributed by atoms with van der Waals surface area (Å²) in [4.78, 5) is 2.35. The SMILES string of the molecule is CC1CNCCN1c1cccc2c1OCC(Cl)O2. The summed E-state index contributed by atoms with van der Waals surface area (Å²) in [7, 11) is 0. The predicted octanol–water partition coefficient (Wildman–Crippen LogP) is 1.82. The largest absolute Gasteiger partial charge is 0.482 e. The first-order valence-corrected chi connectivity index (χ1v) is 6.73. The number of alkyl halides is 1. The van der Waals surface area contributed by atoms with E-state index in [9.17, 15) is 0 Å². The second-order valence-corrected chi connectivity index (χ2v) is 5.18. The van der Waals surface area contributed by atoms with Crippen LogP contribution in [0.4, 0.5) is 5.69 Å². The van der Waals surface area contributed by atoms with Crippen molar-refractivity contribution >= 4 is 17.3 Å². The summed E-state index contributed by atoms with van der Waals surface area (Å²) in [5, 5.41) is 3.39. The van der Waals surface area contributed by atoms with E-state index < -0.39 is 5.56 Å². The van der Waals surface area contributed by atoms with E-state index >= 15 is 0 Å². The number of benzene rings is 1. The fourth-order valence-electron chi connectivity index (χ4n) is 2.49.